The summed E-state index contributed by atoms with van der Waals surface area (Å²) in [5.41, 5.74) is 0.500. The minimum atomic E-state index is -0.303. The van der Waals surface area contributed by atoms with Gasteiger partial charge in [0.1, 0.15) is 18.7 Å². The normalized spacial score (nSPS) is 18.5. The number of carbonyl (C=O) groups is 1. The average Bonchev–Trinajstić information content (AvgIpc) is 3.20. The second kappa shape index (κ2) is 7.58. The molecule has 2 fully saturated rings. The van der Waals surface area contributed by atoms with E-state index in [4.69, 9.17) is 4.52 Å². The number of aromatic nitrogens is 6. The van der Waals surface area contributed by atoms with Gasteiger partial charge in [0.25, 0.3) is 5.89 Å². The van der Waals surface area contributed by atoms with E-state index in [0.29, 0.717) is 36.3 Å². The molecule has 1 saturated heterocycles. The van der Waals surface area contributed by atoms with E-state index in [1.165, 1.54) is 36.0 Å². The fourth-order valence-corrected chi connectivity index (χ4v) is 4.22. The maximum absolute atomic E-state index is 13.2. The number of piperidine rings is 1. The van der Waals surface area contributed by atoms with Crippen molar-refractivity contribution in [2.75, 3.05) is 13.1 Å². The summed E-state index contributed by atoms with van der Waals surface area (Å²) in [5, 5.41) is 15.2. The van der Waals surface area contributed by atoms with Gasteiger partial charge < -0.3 is 9.42 Å². The van der Waals surface area contributed by atoms with E-state index < -0.39 is 0 Å². The van der Waals surface area contributed by atoms with Crippen LogP contribution in [0.1, 0.15) is 37.9 Å². The summed E-state index contributed by atoms with van der Waals surface area (Å²) in [6.45, 7) is 1.40. The number of tetrazole rings is 1. The number of benzene rings is 1. The van der Waals surface area contributed by atoms with Crippen LogP contribution in [0.15, 0.2) is 35.1 Å². The van der Waals surface area contributed by atoms with E-state index in [1.807, 2.05) is 4.90 Å². The first kappa shape index (κ1) is 18.8. The molecule has 0 radical (unpaired) electrons. The van der Waals surface area contributed by atoms with E-state index in [2.05, 4.69) is 25.7 Å². The lowest BCUT2D eigenvalue weighted by Crippen LogP contribution is -2.47. The highest BCUT2D eigenvalue weighted by atomic mass is 19.1. The van der Waals surface area contributed by atoms with Crippen molar-refractivity contribution < 1.29 is 13.7 Å². The smallest absolute Gasteiger partial charge is 0.257 e. The van der Waals surface area contributed by atoms with Gasteiger partial charge in [0.05, 0.1) is 0 Å². The number of amides is 1. The number of likely N-dealkylation sites (tertiary alicyclic amines) is 1. The summed E-state index contributed by atoms with van der Waals surface area (Å²) < 4.78 is 20.2. The molecule has 0 N–H and O–H groups in total. The molecular weight excluding hydrogens is 389 g/mol. The van der Waals surface area contributed by atoms with Crippen molar-refractivity contribution in [1.82, 2.24) is 35.2 Å². The highest BCUT2D eigenvalue weighted by Gasteiger charge is 2.44. The van der Waals surface area contributed by atoms with Crippen molar-refractivity contribution in [2.45, 2.75) is 44.1 Å². The zero-order valence-electron chi connectivity index (χ0n) is 16.4. The Balaban J connectivity index is 1.32. The molecule has 1 amide bonds. The van der Waals surface area contributed by atoms with Gasteiger partial charge in [-0.25, -0.2) is 9.07 Å². The molecule has 1 aliphatic heterocycles. The molecule has 1 aromatic carbocycles. The molecule has 156 valence electrons. The SMILES string of the molecule is O=C(Cn1cnnn1)N1CCC(CC2CC2)(c2noc(-c3ccc(F)cc3)n2)CC1. The van der Waals surface area contributed by atoms with Crippen LogP contribution >= 0.6 is 0 Å². The lowest BCUT2D eigenvalue weighted by Gasteiger charge is -2.40. The second-order valence-corrected chi connectivity index (χ2v) is 8.25. The molecule has 5 rings (SSSR count). The molecule has 3 heterocycles. The van der Waals surface area contributed by atoms with Crippen LogP contribution in [0.5, 0.6) is 0 Å². The number of nitrogens with zero attached hydrogens (tertiary/aromatic N) is 7. The molecule has 1 aliphatic carbocycles. The number of hydrogen-bond acceptors (Lipinski definition) is 7. The Labute approximate surface area is 172 Å². The monoisotopic (exact) mass is 411 g/mol. The van der Waals surface area contributed by atoms with E-state index in [-0.39, 0.29) is 23.7 Å². The maximum Gasteiger partial charge on any atom is 0.257 e. The third kappa shape index (κ3) is 3.81. The van der Waals surface area contributed by atoms with Crippen LogP contribution in [0.4, 0.5) is 4.39 Å². The van der Waals surface area contributed by atoms with Gasteiger partial charge in [0.15, 0.2) is 5.82 Å². The quantitative estimate of drug-likeness (QED) is 0.613. The Hall–Kier alpha value is -3.17. The summed E-state index contributed by atoms with van der Waals surface area (Å²) in [4.78, 5) is 19.1. The third-order valence-corrected chi connectivity index (χ3v) is 6.13. The zero-order chi connectivity index (χ0) is 20.6. The number of carbonyl (C=O) groups excluding carboxylic acids is 1. The Morgan fingerprint density at radius 2 is 1.97 bits per heavy atom. The van der Waals surface area contributed by atoms with Crippen LogP contribution in [0.3, 0.4) is 0 Å². The zero-order valence-corrected chi connectivity index (χ0v) is 16.4. The topological polar surface area (TPSA) is 103 Å². The van der Waals surface area contributed by atoms with Crippen LogP contribution in [0, 0.1) is 11.7 Å². The minimum Gasteiger partial charge on any atom is -0.341 e. The standard InChI is InChI=1S/C20H22FN7O2/c21-16-5-3-15(4-6-16)18-23-19(24-30-18)20(11-14-1-2-14)7-9-27(10-8-20)17(29)12-28-13-22-25-26-28/h3-6,13-14H,1-2,7-12H2. The fraction of sp³-hybridized carbons (Fsp3) is 0.500. The highest BCUT2D eigenvalue weighted by Crippen LogP contribution is 2.46. The number of rotatable bonds is 6. The molecule has 30 heavy (non-hydrogen) atoms. The van der Waals surface area contributed by atoms with Gasteiger partial charge in [-0.2, -0.15) is 4.98 Å². The molecule has 2 aliphatic rings. The minimum absolute atomic E-state index is 0.00225. The van der Waals surface area contributed by atoms with Crippen molar-refractivity contribution in [3.8, 4) is 11.5 Å². The first-order valence-electron chi connectivity index (χ1n) is 10.2. The molecule has 10 heteroatoms. The Bertz CT molecular complexity index is 1010. The largest absolute Gasteiger partial charge is 0.341 e. The van der Waals surface area contributed by atoms with Crippen molar-refractivity contribution in [3.63, 3.8) is 0 Å². The summed E-state index contributed by atoms with van der Waals surface area (Å²) in [7, 11) is 0. The molecule has 3 aromatic rings. The molecular formula is C20H22FN7O2. The summed E-state index contributed by atoms with van der Waals surface area (Å²) in [6.07, 6.45) is 6.47. The first-order valence-corrected chi connectivity index (χ1v) is 10.2. The van der Waals surface area contributed by atoms with E-state index in [1.54, 1.807) is 12.1 Å². The number of hydrogen-bond donors (Lipinski definition) is 0. The van der Waals surface area contributed by atoms with Gasteiger partial charge in [0.2, 0.25) is 5.91 Å². The predicted molar refractivity (Wildman–Crippen MR) is 102 cm³/mol. The van der Waals surface area contributed by atoms with Crippen molar-refractivity contribution in [1.29, 1.82) is 0 Å². The van der Waals surface area contributed by atoms with Crippen LogP contribution in [0.25, 0.3) is 11.5 Å². The maximum atomic E-state index is 13.2. The third-order valence-electron chi connectivity index (χ3n) is 6.13. The molecule has 1 saturated carbocycles. The van der Waals surface area contributed by atoms with Gasteiger partial charge in [-0.05, 0) is 59.9 Å². The van der Waals surface area contributed by atoms with Gasteiger partial charge in [-0.15, -0.1) is 5.10 Å². The van der Waals surface area contributed by atoms with Crippen molar-refractivity contribution in [3.05, 3.63) is 42.2 Å². The van der Waals surface area contributed by atoms with Gasteiger partial charge in [-0.3, -0.25) is 4.79 Å². The second-order valence-electron chi connectivity index (χ2n) is 8.25. The van der Waals surface area contributed by atoms with Gasteiger partial charge >= 0.3 is 0 Å². The van der Waals surface area contributed by atoms with E-state index >= 15 is 0 Å². The van der Waals surface area contributed by atoms with E-state index in [0.717, 1.165) is 19.3 Å². The highest BCUT2D eigenvalue weighted by molar-refractivity contribution is 5.76. The molecule has 0 unspecified atom stereocenters. The molecule has 2 aromatic heterocycles. The molecule has 9 nitrogen and oxygen atoms in total. The van der Waals surface area contributed by atoms with Crippen LogP contribution in [-0.4, -0.2) is 54.2 Å². The van der Waals surface area contributed by atoms with Crippen LogP contribution in [0.2, 0.25) is 0 Å². The molecule has 0 atom stereocenters. The Kier molecular flexibility index (Phi) is 4.76. The lowest BCUT2D eigenvalue weighted by atomic mass is 9.73. The summed E-state index contributed by atoms with van der Waals surface area (Å²) in [5.74, 6) is 1.48. The molecule has 0 bridgehead atoms. The first-order chi connectivity index (χ1) is 14.6. The molecule has 0 spiro atoms. The van der Waals surface area contributed by atoms with Crippen LogP contribution in [-0.2, 0) is 16.8 Å². The Morgan fingerprint density at radius 3 is 2.63 bits per heavy atom. The lowest BCUT2D eigenvalue weighted by molar-refractivity contribution is -0.133. The Morgan fingerprint density at radius 1 is 1.20 bits per heavy atom. The van der Waals surface area contributed by atoms with Crippen LogP contribution < -0.4 is 0 Å². The fourth-order valence-electron chi connectivity index (χ4n) is 4.22. The van der Waals surface area contributed by atoms with Gasteiger partial charge in [0, 0.05) is 24.1 Å². The summed E-state index contributed by atoms with van der Waals surface area (Å²) >= 11 is 0. The predicted octanol–water partition coefficient (Wildman–Crippen LogP) is 2.22. The van der Waals surface area contributed by atoms with E-state index in [9.17, 15) is 9.18 Å². The summed E-state index contributed by atoms with van der Waals surface area (Å²) in [6, 6.07) is 6.04. The van der Waals surface area contributed by atoms with Crippen molar-refractivity contribution >= 4 is 5.91 Å². The van der Waals surface area contributed by atoms with Crippen molar-refractivity contribution in [2.24, 2.45) is 5.92 Å². The number of halogens is 1. The van der Waals surface area contributed by atoms with Gasteiger partial charge in [-0.1, -0.05) is 18.0 Å². The average molecular weight is 411 g/mol.